The molecule has 0 radical (unpaired) electrons. The summed E-state index contributed by atoms with van der Waals surface area (Å²) >= 11 is 0. The molecular formula is C31H36F3N7O. The molecule has 4 heterocycles. The largest absolute Gasteiger partial charge is 0.381 e. The Kier molecular flexibility index (Phi) is 8.15. The minimum Gasteiger partial charge on any atom is -0.381 e. The molecule has 2 fully saturated rings. The molecule has 2 aromatic heterocycles. The second kappa shape index (κ2) is 12.0. The molecule has 42 heavy (non-hydrogen) atoms. The number of rotatable bonds is 7. The molecule has 8 nitrogen and oxygen atoms in total. The van der Waals surface area contributed by atoms with Crippen molar-refractivity contribution in [2.45, 2.75) is 52.2 Å². The Morgan fingerprint density at radius 2 is 1.71 bits per heavy atom. The van der Waals surface area contributed by atoms with Gasteiger partial charge in [-0.05, 0) is 57.9 Å². The Bertz CT molecular complexity index is 1580. The number of aromatic nitrogens is 4. The highest BCUT2D eigenvalue weighted by Crippen LogP contribution is 2.31. The molecule has 0 atom stereocenters. The zero-order chi connectivity index (χ0) is 29.4. The van der Waals surface area contributed by atoms with E-state index in [-0.39, 0.29) is 34.6 Å². The lowest BCUT2D eigenvalue weighted by Gasteiger charge is -2.40. The second-order valence-corrected chi connectivity index (χ2v) is 11.4. The first-order valence-corrected chi connectivity index (χ1v) is 14.6. The van der Waals surface area contributed by atoms with Crippen molar-refractivity contribution in [3.63, 3.8) is 0 Å². The van der Waals surface area contributed by atoms with Crippen molar-refractivity contribution < 1.29 is 17.9 Å². The van der Waals surface area contributed by atoms with Gasteiger partial charge in [0, 0.05) is 74.8 Å². The predicted octanol–water partition coefficient (Wildman–Crippen LogP) is 5.84. The van der Waals surface area contributed by atoms with Crippen LogP contribution in [0.1, 0.15) is 44.1 Å². The van der Waals surface area contributed by atoms with Gasteiger partial charge in [0.15, 0.2) is 11.6 Å². The number of anilines is 2. The van der Waals surface area contributed by atoms with Crippen molar-refractivity contribution in [2.75, 3.05) is 44.7 Å². The molecule has 0 saturated carbocycles. The third kappa shape index (κ3) is 5.86. The van der Waals surface area contributed by atoms with Gasteiger partial charge >= 0.3 is 0 Å². The van der Waals surface area contributed by atoms with Crippen LogP contribution in [0.25, 0.3) is 22.3 Å². The van der Waals surface area contributed by atoms with E-state index in [0.717, 1.165) is 58.4 Å². The van der Waals surface area contributed by atoms with Gasteiger partial charge in [-0.25, -0.2) is 28.1 Å². The first-order valence-electron chi connectivity index (χ1n) is 14.6. The molecule has 0 spiro atoms. The fraction of sp³-hybridized carbons (Fsp3) is 0.452. The van der Waals surface area contributed by atoms with Crippen LogP contribution in [0, 0.1) is 24.4 Å². The van der Waals surface area contributed by atoms with Crippen molar-refractivity contribution >= 4 is 22.7 Å². The summed E-state index contributed by atoms with van der Waals surface area (Å²) in [4.78, 5) is 17.5. The molecule has 0 amide bonds. The molecule has 0 unspecified atom stereocenters. The molecule has 0 aliphatic carbocycles. The van der Waals surface area contributed by atoms with Crippen LogP contribution in [0.2, 0.25) is 0 Å². The third-order valence-electron chi connectivity index (χ3n) is 8.28. The first kappa shape index (κ1) is 28.6. The maximum Gasteiger partial charge on any atom is 0.227 e. The summed E-state index contributed by atoms with van der Waals surface area (Å²) in [5.74, 6) is -0.828. The van der Waals surface area contributed by atoms with Gasteiger partial charge in [-0.3, -0.25) is 9.80 Å². The molecule has 4 aromatic rings. The quantitative estimate of drug-likeness (QED) is 0.295. The van der Waals surface area contributed by atoms with Crippen molar-refractivity contribution in [3.05, 3.63) is 65.4 Å². The summed E-state index contributed by atoms with van der Waals surface area (Å²) < 4.78 is 52.4. The summed E-state index contributed by atoms with van der Waals surface area (Å²) in [7, 11) is 0. The third-order valence-corrected chi connectivity index (χ3v) is 8.28. The molecule has 6 rings (SSSR count). The first-order chi connectivity index (χ1) is 20.3. The Hall–Kier alpha value is -3.54. The van der Waals surface area contributed by atoms with Crippen LogP contribution in [0.4, 0.5) is 24.8 Å². The number of hydrogen-bond donors (Lipinski definition) is 1. The standard InChI is InChI=1S/C31H36F3N7O/c1-19(2)41-20(3)36-30-26(33)14-22(15-28(30)41)29-27(34)17-35-31(38-29)37-23-5-4-21(25(32)16-23)18-39-8-10-40(11-9-39)24-6-12-42-13-7-24/h4-5,14-17,19,24H,6-13,18H2,1-3H3,(H,35,37,38). The number of aryl methyl sites for hydroxylation is 1. The number of imidazole rings is 1. The van der Waals surface area contributed by atoms with Crippen LogP contribution in [0.15, 0.2) is 36.5 Å². The van der Waals surface area contributed by atoms with Gasteiger partial charge in [0.05, 0.1) is 11.7 Å². The average Bonchev–Trinajstić information content (AvgIpc) is 3.33. The number of fused-ring (bicyclic) bond motifs is 1. The lowest BCUT2D eigenvalue weighted by molar-refractivity contribution is 0.0125. The van der Waals surface area contributed by atoms with Crippen molar-refractivity contribution in [1.82, 2.24) is 29.3 Å². The molecule has 11 heteroatoms. The van der Waals surface area contributed by atoms with Crippen LogP contribution in [-0.4, -0.2) is 74.8 Å². The number of piperazine rings is 1. The van der Waals surface area contributed by atoms with E-state index >= 15 is 8.78 Å². The highest BCUT2D eigenvalue weighted by Gasteiger charge is 2.26. The summed E-state index contributed by atoms with van der Waals surface area (Å²) in [6, 6.07) is 8.46. The van der Waals surface area contributed by atoms with Gasteiger partial charge < -0.3 is 14.6 Å². The van der Waals surface area contributed by atoms with Crippen LogP contribution in [0.3, 0.4) is 0 Å². The predicted molar refractivity (Wildman–Crippen MR) is 156 cm³/mol. The lowest BCUT2D eigenvalue weighted by Crippen LogP contribution is -2.51. The number of halogens is 3. The van der Waals surface area contributed by atoms with E-state index in [1.165, 1.54) is 12.1 Å². The van der Waals surface area contributed by atoms with E-state index < -0.39 is 11.6 Å². The molecule has 2 aliphatic rings. The molecule has 2 aliphatic heterocycles. The molecule has 0 bridgehead atoms. The highest BCUT2D eigenvalue weighted by molar-refractivity contribution is 5.83. The molecular weight excluding hydrogens is 543 g/mol. The van der Waals surface area contributed by atoms with Crippen LogP contribution in [0.5, 0.6) is 0 Å². The molecule has 2 saturated heterocycles. The van der Waals surface area contributed by atoms with Gasteiger partial charge in [-0.1, -0.05) is 6.07 Å². The fourth-order valence-electron chi connectivity index (χ4n) is 6.15. The minimum atomic E-state index is -0.690. The molecule has 222 valence electrons. The highest BCUT2D eigenvalue weighted by atomic mass is 19.1. The molecule has 2 aromatic carbocycles. The van der Waals surface area contributed by atoms with Gasteiger partial charge in [0.2, 0.25) is 5.95 Å². The topological polar surface area (TPSA) is 71.3 Å². The van der Waals surface area contributed by atoms with E-state index in [9.17, 15) is 4.39 Å². The number of hydrogen-bond acceptors (Lipinski definition) is 7. The van der Waals surface area contributed by atoms with Crippen LogP contribution in [-0.2, 0) is 11.3 Å². The number of nitrogens with zero attached hydrogens (tertiary/aromatic N) is 6. The van der Waals surface area contributed by atoms with Crippen LogP contribution < -0.4 is 5.32 Å². The Labute approximate surface area is 243 Å². The zero-order valence-corrected chi connectivity index (χ0v) is 24.2. The SMILES string of the molecule is Cc1nc2c(F)cc(-c3nc(Nc4ccc(CN5CCN(C6CCOCC6)CC5)c(F)c4)ncc3F)cc2n1C(C)C. The Balaban J connectivity index is 1.15. The van der Waals surface area contributed by atoms with Gasteiger partial charge in [-0.2, -0.15) is 0 Å². The van der Waals surface area contributed by atoms with E-state index in [1.54, 1.807) is 18.2 Å². The summed E-state index contributed by atoms with van der Waals surface area (Å²) in [6.07, 6.45) is 3.19. The second-order valence-electron chi connectivity index (χ2n) is 11.4. The Morgan fingerprint density at radius 1 is 0.952 bits per heavy atom. The van der Waals surface area contributed by atoms with E-state index in [0.29, 0.717) is 35.2 Å². The van der Waals surface area contributed by atoms with E-state index in [2.05, 4.69) is 30.1 Å². The maximum atomic E-state index is 15.1. The summed E-state index contributed by atoms with van der Waals surface area (Å²) in [5.41, 5.74) is 2.06. The smallest absolute Gasteiger partial charge is 0.227 e. The summed E-state index contributed by atoms with van der Waals surface area (Å²) in [6.45, 7) is 11.7. The normalized spacial score (nSPS) is 17.4. The van der Waals surface area contributed by atoms with Gasteiger partial charge in [0.1, 0.15) is 22.9 Å². The van der Waals surface area contributed by atoms with E-state index in [4.69, 9.17) is 4.74 Å². The summed E-state index contributed by atoms with van der Waals surface area (Å²) in [5, 5.41) is 2.97. The number of ether oxygens (including phenoxy) is 1. The van der Waals surface area contributed by atoms with Gasteiger partial charge in [-0.15, -0.1) is 0 Å². The monoisotopic (exact) mass is 579 g/mol. The maximum absolute atomic E-state index is 15.1. The lowest BCUT2D eigenvalue weighted by atomic mass is 10.1. The van der Waals surface area contributed by atoms with Crippen molar-refractivity contribution in [1.29, 1.82) is 0 Å². The van der Waals surface area contributed by atoms with Crippen molar-refractivity contribution in [3.8, 4) is 11.3 Å². The van der Waals surface area contributed by atoms with Crippen LogP contribution >= 0.6 is 0 Å². The molecule has 1 N–H and O–H groups in total. The zero-order valence-electron chi connectivity index (χ0n) is 24.2. The average molecular weight is 580 g/mol. The minimum absolute atomic E-state index is 0.0386. The number of benzene rings is 2. The Morgan fingerprint density at radius 3 is 2.43 bits per heavy atom. The number of nitrogens with one attached hydrogen (secondary N) is 1. The van der Waals surface area contributed by atoms with Crippen molar-refractivity contribution in [2.24, 2.45) is 0 Å². The van der Waals surface area contributed by atoms with E-state index in [1.807, 2.05) is 25.3 Å². The fourth-order valence-corrected chi connectivity index (χ4v) is 6.15. The van der Waals surface area contributed by atoms with Gasteiger partial charge in [0.25, 0.3) is 0 Å².